The van der Waals surface area contributed by atoms with Gasteiger partial charge in [0.15, 0.2) is 0 Å². The summed E-state index contributed by atoms with van der Waals surface area (Å²) in [5.74, 6) is -1.26. The first-order valence-electron chi connectivity index (χ1n) is 8.77. The van der Waals surface area contributed by atoms with Crippen molar-refractivity contribution in [3.63, 3.8) is 0 Å². The highest BCUT2D eigenvalue weighted by Gasteiger charge is 2.35. The third-order valence-corrected chi connectivity index (χ3v) is 4.22. The summed E-state index contributed by atoms with van der Waals surface area (Å²) in [7, 11) is 0.500. The van der Waals surface area contributed by atoms with Crippen molar-refractivity contribution in [2.45, 2.75) is 53.5 Å². The van der Waals surface area contributed by atoms with E-state index in [0.29, 0.717) is 30.7 Å². The number of rotatable bonds is 6. The Morgan fingerprint density at radius 1 is 1.22 bits per heavy atom. The molecule has 1 saturated heterocycles. The lowest BCUT2D eigenvalue weighted by atomic mass is 9.96. The maximum atomic E-state index is 12.8. The largest absolute Gasteiger partial charge is 0.295 e. The average Bonchev–Trinajstić information content (AvgIpc) is 2.64. The molecule has 1 fully saturated rings. The van der Waals surface area contributed by atoms with Gasteiger partial charge in [-0.1, -0.05) is 32.1 Å². The molecular weight excluding hydrogens is 351 g/mol. The molecule has 0 spiro atoms. The van der Waals surface area contributed by atoms with E-state index >= 15 is 0 Å². The molecule has 0 saturated carbocycles. The van der Waals surface area contributed by atoms with Gasteiger partial charge in [-0.05, 0) is 44.3 Å². The number of amides is 4. The van der Waals surface area contributed by atoms with Crippen molar-refractivity contribution in [3.05, 3.63) is 34.9 Å². The molecule has 1 aliphatic heterocycles. The van der Waals surface area contributed by atoms with Crippen molar-refractivity contribution in [2.75, 3.05) is 7.18 Å². The van der Waals surface area contributed by atoms with Gasteiger partial charge in [0.25, 0.3) is 5.91 Å². The Balaban J connectivity index is 0.00000326. The Kier molecular flexibility index (Phi) is 10.8. The number of halogens is 1. The number of allylic oxidation sites excluding steroid dienone is 4. The zero-order chi connectivity index (χ0) is 21.1. The molecule has 1 N–H and O–H groups in total. The Morgan fingerprint density at radius 3 is 2.22 bits per heavy atom. The van der Waals surface area contributed by atoms with Gasteiger partial charge in [-0.15, -0.1) is 0 Å². The minimum Gasteiger partial charge on any atom is -0.295 e. The lowest BCUT2D eigenvalue weighted by molar-refractivity contribution is -0.148. The molecule has 7 heteroatoms. The predicted octanol–water partition coefficient (Wildman–Crippen LogP) is 2.86. The van der Waals surface area contributed by atoms with Crippen LogP contribution in [-0.4, -0.2) is 42.3 Å². The molecule has 0 aromatic heterocycles. The van der Waals surface area contributed by atoms with E-state index in [0.717, 1.165) is 10.5 Å². The fraction of sp³-hybridized carbons (Fsp3) is 0.500. The first kappa shape index (κ1) is 24.4. The molecule has 1 heterocycles. The average molecular weight is 380 g/mol. The fourth-order valence-corrected chi connectivity index (χ4v) is 2.78. The van der Waals surface area contributed by atoms with Gasteiger partial charge in [-0.2, -0.15) is 0 Å². The highest BCUT2D eigenvalue weighted by molar-refractivity contribution is 6.08. The number of carbonyl (C=O) groups is 4. The van der Waals surface area contributed by atoms with Crippen LogP contribution in [0, 0.1) is 5.92 Å². The molecule has 0 bridgehead atoms. The second-order valence-corrected chi connectivity index (χ2v) is 6.26. The molecule has 0 aromatic rings. The van der Waals surface area contributed by atoms with Crippen LogP contribution in [-0.2, 0) is 19.2 Å². The zero-order valence-corrected chi connectivity index (χ0v) is 16.8. The molecule has 1 rings (SSSR count). The summed E-state index contributed by atoms with van der Waals surface area (Å²) in [6.45, 7) is 9.54. The van der Waals surface area contributed by atoms with Crippen molar-refractivity contribution >= 4 is 24.1 Å². The molecule has 1 aliphatic rings. The Bertz CT molecular complexity index is 663. The predicted molar refractivity (Wildman–Crippen MR) is 102 cm³/mol. The van der Waals surface area contributed by atoms with Crippen molar-refractivity contribution in [2.24, 2.45) is 5.92 Å². The summed E-state index contributed by atoms with van der Waals surface area (Å²) in [5.41, 5.74) is 2.15. The second-order valence-electron chi connectivity index (χ2n) is 6.26. The van der Waals surface area contributed by atoms with E-state index in [2.05, 4.69) is 19.2 Å². The van der Waals surface area contributed by atoms with Gasteiger partial charge in [0.1, 0.15) is 6.04 Å². The van der Waals surface area contributed by atoms with Crippen molar-refractivity contribution in [1.82, 2.24) is 10.2 Å². The second kappa shape index (κ2) is 11.9. The topological polar surface area (TPSA) is 83.6 Å². The number of piperidine rings is 1. The van der Waals surface area contributed by atoms with E-state index in [1.54, 1.807) is 19.9 Å². The molecule has 4 amide bonds. The van der Waals surface area contributed by atoms with Crippen LogP contribution in [0.25, 0.3) is 0 Å². The number of imide groups is 2. The van der Waals surface area contributed by atoms with Gasteiger partial charge < -0.3 is 0 Å². The zero-order valence-electron chi connectivity index (χ0n) is 16.8. The fourth-order valence-electron chi connectivity index (χ4n) is 2.78. The van der Waals surface area contributed by atoms with Crippen LogP contribution in [0.4, 0.5) is 4.39 Å². The number of nitrogens with zero attached hydrogens (tertiary/aromatic N) is 1. The third kappa shape index (κ3) is 6.58. The summed E-state index contributed by atoms with van der Waals surface area (Å²) >= 11 is 0. The highest BCUT2D eigenvalue weighted by atomic mass is 19.1. The molecule has 1 atom stereocenters. The van der Waals surface area contributed by atoms with Gasteiger partial charge in [-0.3, -0.25) is 33.8 Å². The molecule has 0 aliphatic carbocycles. The van der Waals surface area contributed by atoms with Crippen LogP contribution >= 0.6 is 0 Å². The molecule has 6 nitrogen and oxygen atoms in total. The van der Waals surface area contributed by atoms with Gasteiger partial charge in [0, 0.05) is 12.0 Å². The van der Waals surface area contributed by atoms with Gasteiger partial charge in [0.2, 0.25) is 18.2 Å². The van der Waals surface area contributed by atoms with E-state index in [-0.39, 0.29) is 12.8 Å². The van der Waals surface area contributed by atoms with Crippen LogP contribution in [0.1, 0.15) is 47.5 Å². The number of carbonyl (C=O) groups excluding carboxylic acids is 4. The lowest BCUT2D eigenvalue weighted by Gasteiger charge is -2.29. The smallest absolute Gasteiger partial charge is 0.260 e. The lowest BCUT2D eigenvalue weighted by Crippen LogP contribution is -2.54. The molecule has 150 valence electrons. The van der Waals surface area contributed by atoms with Crippen LogP contribution < -0.4 is 5.32 Å². The molecular formula is C20H29FN2O4. The van der Waals surface area contributed by atoms with Crippen molar-refractivity contribution < 1.29 is 23.6 Å². The summed E-state index contributed by atoms with van der Waals surface area (Å²) in [6, 6.07) is -0.961. The SMILES string of the molecule is CF.C\C=C(/C=C(C)\C(=C/C)C(=O)N(C=O)C1CCC(=O)NC1=O)C(C)C. The standard InChI is InChI=1S/C19H26N2O4.CH3F/c1-6-14(12(3)4)10-13(5)15(7-2)19(25)21(11-22)16-8-9-17(23)20-18(16)24;1-2/h6-7,10-12,16H,8-9H2,1-5H3,(H,20,23,24);1H3/b13-10-,14-6+,15-7+;. The van der Waals surface area contributed by atoms with Gasteiger partial charge >= 0.3 is 0 Å². The Hall–Kier alpha value is -2.57. The highest BCUT2D eigenvalue weighted by Crippen LogP contribution is 2.21. The van der Waals surface area contributed by atoms with E-state index in [4.69, 9.17) is 0 Å². The summed E-state index contributed by atoms with van der Waals surface area (Å²) in [4.78, 5) is 48.4. The summed E-state index contributed by atoms with van der Waals surface area (Å²) < 4.78 is 9.50. The van der Waals surface area contributed by atoms with Gasteiger partial charge in [-0.25, -0.2) is 0 Å². The molecule has 27 heavy (non-hydrogen) atoms. The first-order chi connectivity index (χ1) is 12.8. The van der Waals surface area contributed by atoms with Crippen LogP contribution in [0.15, 0.2) is 34.9 Å². The van der Waals surface area contributed by atoms with E-state index in [9.17, 15) is 23.6 Å². The number of hydrogen-bond acceptors (Lipinski definition) is 4. The van der Waals surface area contributed by atoms with Crippen LogP contribution in [0.3, 0.4) is 0 Å². The maximum Gasteiger partial charge on any atom is 0.260 e. The maximum absolute atomic E-state index is 12.8. The minimum atomic E-state index is -0.961. The molecule has 0 radical (unpaired) electrons. The summed E-state index contributed by atoms with van der Waals surface area (Å²) in [6.07, 6.45) is 6.11. The normalized spacial score (nSPS) is 18.5. The monoisotopic (exact) mass is 380 g/mol. The Morgan fingerprint density at radius 2 is 1.81 bits per heavy atom. The third-order valence-electron chi connectivity index (χ3n) is 4.22. The van der Waals surface area contributed by atoms with Crippen molar-refractivity contribution in [3.8, 4) is 0 Å². The van der Waals surface area contributed by atoms with E-state index in [1.165, 1.54) is 0 Å². The molecule has 1 unspecified atom stereocenters. The summed E-state index contributed by atoms with van der Waals surface area (Å²) in [5, 5.41) is 2.17. The van der Waals surface area contributed by atoms with Crippen molar-refractivity contribution in [1.29, 1.82) is 0 Å². The quantitative estimate of drug-likeness (QED) is 0.332. The van der Waals surface area contributed by atoms with E-state index < -0.39 is 23.8 Å². The molecule has 0 aromatic carbocycles. The first-order valence-corrected chi connectivity index (χ1v) is 8.77. The van der Waals surface area contributed by atoms with E-state index in [1.807, 2.05) is 19.1 Å². The number of nitrogens with one attached hydrogen (secondary N) is 1. The van der Waals surface area contributed by atoms with Gasteiger partial charge in [0.05, 0.1) is 7.18 Å². The van der Waals surface area contributed by atoms with Crippen LogP contribution in [0.2, 0.25) is 0 Å². The number of hydrogen-bond donors (Lipinski definition) is 1. The van der Waals surface area contributed by atoms with Crippen LogP contribution in [0.5, 0.6) is 0 Å². The Labute approximate surface area is 160 Å². The minimum absolute atomic E-state index is 0.101. The number of alkyl halides is 1.